The molecule has 1 amide bonds. The van der Waals surface area contributed by atoms with E-state index < -0.39 is 0 Å². The normalized spacial score (nSPS) is 10.5. The van der Waals surface area contributed by atoms with Crippen LogP contribution in [-0.4, -0.2) is 29.4 Å². The minimum atomic E-state index is -0.370. The van der Waals surface area contributed by atoms with Gasteiger partial charge in [0.1, 0.15) is 5.76 Å². The van der Waals surface area contributed by atoms with Crippen molar-refractivity contribution in [1.82, 2.24) is 5.16 Å². The summed E-state index contributed by atoms with van der Waals surface area (Å²) in [7, 11) is 0. The molecule has 24 heavy (non-hydrogen) atoms. The standard InChI is InChI=1S/C17H20N2O4S/c1-4-22-17(21)13-5-7-14(8-6-13)18-16(20)10-24-9-15-11(2)19-23-12(15)3/h5-8H,4,9-10H2,1-3H3,(H,18,20). The van der Waals surface area contributed by atoms with Crippen LogP contribution in [0.2, 0.25) is 0 Å². The number of nitrogens with one attached hydrogen (secondary N) is 1. The summed E-state index contributed by atoms with van der Waals surface area (Å²) in [4.78, 5) is 23.5. The highest BCUT2D eigenvalue weighted by molar-refractivity contribution is 7.99. The van der Waals surface area contributed by atoms with Crippen molar-refractivity contribution in [2.75, 3.05) is 17.7 Å². The third-order valence-electron chi connectivity index (χ3n) is 3.34. The van der Waals surface area contributed by atoms with Gasteiger partial charge in [-0.1, -0.05) is 5.16 Å². The molecular weight excluding hydrogens is 328 g/mol. The number of aryl methyl sites for hydroxylation is 2. The second-order valence-corrected chi connectivity index (χ2v) is 6.13. The van der Waals surface area contributed by atoms with Crippen LogP contribution in [0.4, 0.5) is 5.69 Å². The van der Waals surface area contributed by atoms with Gasteiger partial charge in [0.15, 0.2) is 0 Å². The van der Waals surface area contributed by atoms with Crippen LogP contribution in [0, 0.1) is 13.8 Å². The summed E-state index contributed by atoms with van der Waals surface area (Å²) in [6.45, 7) is 5.84. The largest absolute Gasteiger partial charge is 0.462 e. The number of aromatic nitrogens is 1. The SMILES string of the molecule is CCOC(=O)c1ccc(NC(=O)CSCc2c(C)noc2C)cc1. The van der Waals surface area contributed by atoms with Crippen molar-refractivity contribution < 1.29 is 18.8 Å². The summed E-state index contributed by atoms with van der Waals surface area (Å²) in [5.41, 5.74) is 3.00. The first-order valence-corrected chi connectivity index (χ1v) is 8.73. The van der Waals surface area contributed by atoms with E-state index in [4.69, 9.17) is 9.26 Å². The molecule has 0 aliphatic heterocycles. The molecule has 7 heteroatoms. The molecule has 1 aromatic carbocycles. The Bertz CT molecular complexity index is 690. The molecule has 0 unspecified atom stereocenters. The molecule has 0 spiro atoms. The lowest BCUT2D eigenvalue weighted by Crippen LogP contribution is -2.14. The van der Waals surface area contributed by atoms with Crippen LogP contribution in [0.15, 0.2) is 28.8 Å². The van der Waals surface area contributed by atoms with E-state index >= 15 is 0 Å². The van der Waals surface area contributed by atoms with Gasteiger partial charge < -0.3 is 14.6 Å². The summed E-state index contributed by atoms with van der Waals surface area (Å²) in [5.74, 6) is 1.32. The molecule has 2 rings (SSSR count). The van der Waals surface area contributed by atoms with Crippen LogP contribution >= 0.6 is 11.8 Å². The van der Waals surface area contributed by atoms with E-state index in [2.05, 4.69) is 10.5 Å². The number of hydrogen-bond acceptors (Lipinski definition) is 6. The monoisotopic (exact) mass is 348 g/mol. The van der Waals surface area contributed by atoms with Crippen molar-refractivity contribution in [3.8, 4) is 0 Å². The van der Waals surface area contributed by atoms with Crippen molar-refractivity contribution in [3.63, 3.8) is 0 Å². The van der Waals surface area contributed by atoms with Crippen molar-refractivity contribution >= 4 is 29.3 Å². The maximum atomic E-state index is 12.0. The Morgan fingerprint density at radius 3 is 2.54 bits per heavy atom. The first-order valence-electron chi connectivity index (χ1n) is 7.57. The molecule has 6 nitrogen and oxygen atoms in total. The second kappa shape index (κ2) is 8.54. The number of rotatable bonds is 7. The Kier molecular flexibility index (Phi) is 6.43. The van der Waals surface area contributed by atoms with Gasteiger partial charge in [0, 0.05) is 17.0 Å². The van der Waals surface area contributed by atoms with Crippen molar-refractivity contribution in [1.29, 1.82) is 0 Å². The summed E-state index contributed by atoms with van der Waals surface area (Å²) in [6.07, 6.45) is 0. The van der Waals surface area contributed by atoms with E-state index in [1.54, 1.807) is 31.2 Å². The van der Waals surface area contributed by atoms with E-state index in [0.29, 0.717) is 29.4 Å². The predicted octanol–water partition coefficient (Wildman–Crippen LogP) is 3.34. The molecule has 0 saturated heterocycles. The number of carbonyl (C=O) groups excluding carboxylic acids is 2. The zero-order valence-corrected chi connectivity index (χ0v) is 14.7. The smallest absolute Gasteiger partial charge is 0.338 e. The molecule has 0 saturated carbocycles. The fourth-order valence-electron chi connectivity index (χ4n) is 2.05. The lowest BCUT2D eigenvalue weighted by Gasteiger charge is -2.06. The minimum Gasteiger partial charge on any atom is -0.462 e. The molecule has 0 bridgehead atoms. The van der Waals surface area contributed by atoms with E-state index in [1.165, 1.54) is 11.8 Å². The molecule has 0 aliphatic rings. The maximum Gasteiger partial charge on any atom is 0.338 e. The van der Waals surface area contributed by atoms with Gasteiger partial charge >= 0.3 is 5.97 Å². The number of carbonyl (C=O) groups is 2. The Morgan fingerprint density at radius 2 is 1.96 bits per heavy atom. The number of benzene rings is 1. The van der Waals surface area contributed by atoms with Crippen LogP contribution < -0.4 is 5.32 Å². The van der Waals surface area contributed by atoms with Crippen LogP contribution in [0.25, 0.3) is 0 Å². The van der Waals surface area contributed by atoms with Crippen LogP contribution in [0.5, 0.6) is 0 Å². The second-order valence-electron chi connectivity index (χ2n) is 5.14. The minimum absolute atomic E-state index is 0.101. The zero-order chi connectivity index (χ0) is 17.5. The first kappa shape index (κ1) is 18.1. The van der Waals surface area contributed by atoms with E-state index in [9.17, 15) is 9.59 Å². The fraction of sp³-hybridized carbons (Fsp3) is 0.353. The van der Waals surface area contributed by atoms with Crippen LogP contribution in [-0.2, 0) is 15.3 Å². The topological polar surface area (TPSA) is 81.4 Å². The van der Waals surface area contributed by atoms with E-state index in [1.807, 2.05) is 13.8 Å². The lowest BCUT2D eigenvalue weighted by molar-refractivity contribution is -0.113. The quantitative estimate of drug-likeness (QED) is 0.773. The molecule has 0 radical (unpaired) electrons. The number of nitrogens with zero attached hydrogens (tertiary/aromatic N) is 1. The molecule has 2 aromatic rings. The molecule has 0 atom stereocenters. The molecule has 0 aliphatic carbocycles. The molecule has 1 heterocycles. The van der Waals surface area contributed by atoms with Gasteiger partial charge in [-0.05, 0) is 45.0 Å². The fourth-order valence-corrected chi connectivity index (χ4v) is 3.03. The Hall–Kier alpha value is -2.28. The number of esters is 1. The average molecular weight is 348 g/mol. The number of anilines is 1. The summed E-state index contributed by atoms with van der Waals surface area (Å²) in [6, 6.07) is 6.63. The van der Waals surface area contributed by atoms with Gasteiger partial charge in [0.05, 0.1) is 23.6 Å². The number of thioether (sulfide) groups is 1. The van der Waals surface area contributed by atoms with Gasteiger partial charge in [-0.2, -0.15) is 0 Å². The zero-order valence-electron chi connectivity index (χ0n) is 13.9. The van der Waals surface area contributed by atoms with E-state index in [0.717, 1.165) is 17.0 Å². The molecule has 0 fully saturated rings. The van der Waals surface area contributed by atoms with Gasteiger partial charge in [0.2, 0.25) is 5.91 Å². The highest BCUT2D eigenvalue weighted by Crippen LogP contribution is 2.19. The van der Waals surface area contributed by atoms with Gasteiger partial charge in [-0.3, -0.25) is 4.79 Å². The van der Waals surface area contributed by atoms with Crippen molar-refractivity contribution in [3.05, 3.63) is 46.8 Å². The summed E-state index contributed by atoms with van der Waals surface area (Å²) in [5, 5.41) is 6.69. The number of ether oxygens (including phenoxy) is 1. The average Bonchev–Trinajstić information content (AvgIpc) is 2.87. The summed E-state index contributed by atoms with van der Waals surface area (Å²) >= 11 is 1.50. The lowest BCUT2D eigenvalue weighted by atomic mass is 10.2. The highest BCUT2D eigenvalue weighted by atomic mass is 32.2. The van der Waals surface area contributed by atoms with Gasteiger partial charge in [0.25, 0.3) is 0 Å². The Morgan fingerprint density at radius 1 is 1.25 bits per heavy atom. The predicted molar refractivity (Wildman–Crippen MR) is 93.2 cm³/mol. The van der Waals surface area contributed by atoms with Crippen LogP contribution in [0.3, 0.4) is 0 Å². The molecule has 1 N–H and O–H groups in total. The van der Waals surface area contributed by atoms with Crippen LogP contribution in [0.1, 0.15) is 34.3 Å². The Balaban J connectivity index is 1.81. The molecular formula is C17H20N2O4S. The number of amides is 1. The Labute approximate surface area is 144 Å². The van der Waals surface area contributed by atoms with E-state index in [-0.39, 0.29) is 11.9 Å². The van der Waals surface area contributed by atoms with Crippen molar-refractivity contribution in [2.24, 2.45) is 0 Å². The van der Waals surface area contributed by atoms with Gasteiger partial charge in [-0.25, -0.2) is 4.79 Å². The maximum absolute atomic E-state index is 12.0. The summed E-state index contributed by atoms with van der Waals surface area (Å²) < 4.78 is 10.0. The molecule has 1 aromatic heterocycles. The van der Waals surface area contributed by atoms with Gasteiger partial charge in [-0.15, -0.1) is 11.8 Å². The molecule has 128 valence electrons. The third kappa shape index (κ3) is 4.86. The third-order valence-corrected chi connectivity index (χ3v) is 4.30. The number of hydrogen-bond donors (Lipinski definition) is 1. The highest BCUT2D eigenvalue weighted by Gasteiger charge is 2.11. The first-order chi connectivity index (χ1) is 11.5. The van der Waals surface area contributed by atoms with Crippen molar-refractivity contribution in [2.45, 2.75) is 26.5 Å².